The summed E-state index contributed by atoms with van der Waals surface area (Å²) in [5, 5.41) is 12.6. The lowest BCUT2D eigenvalue weighted by Gasteiger charge is -2.40. The molecule has 2 N–H and O–H groups in total. The Morgan fingerprint density at radius 1 is 1.06 bits per heavy atom. The maximum atomic E-state index is 11.8. The van der Waals surface area contributed by atoms with Gasteiger partial charge in [0.2, 0.25) is 5.91 Å². The molecular formula is C28H35NO5S. The van der Waals surface area contributed by atoms with E-state index in [1.807, 2.05) is 24.3 Å². The van der Waals surface area contributed by atoms with E-state index < -0.39 is 5.60 Å². The summed E-state index contributed by atoms with van der Waals surface area (Å²) in [5.74, 6) is 1.93. The predicted molar refractivity (Wildman–Crippen MR) is 139 cm³/mol. The SMILES string of the molecule is CCc1c(O)c(CC)c2c(c1CC)OC(CC)(COc1ccc(CC3SC(=O)NC3=O)cc1)CC2. The zero-order valence-electron chi connectivity index (χ0n) is 21.0. The maximum absolute atomic E-state index is 11.8. The highest BCUT2D eigenvalue weighted by Gasteiger charge is 2.39. The predicted octanol–water partition coefficient (Wildman–Crippen LogP) is 5.53. The van der Waals surface area contributed by atoms with Crippen molar-refractivity contribution in [3.05, 3.63) is 52.1 Å². The van der Waals surface area contributed by atoms with Crippen LogP contribution in [-0.4, -0.2) is 33.7 Å². The van der Waals surface area contributed by atoms with Gasteiger partial charge in [0.1, 0.15) is 29.5 Å². The summed E-state index contributed by atoms with van der Waals surface area (Å²) in [5.41, 5.74) is 4.85. The number of nitrogens with one attached hydrogen (secondary N) is 1. The Morgan fingerprint density at radius 3 is 2.31 bits per heavy atom. The standard InChI is InChI=1S/C28H35NO5S/c1-5-19-21(7-3)25-22(20(6-2)24(19)30)13-14-28(8-4,34-25)16-33-18-11-9-17(10-12-18)15-23-26(31)29-27(32)35-23/h9-12,23,30H,5-8,13-16H2,1-4H3,(H,29,31,32). The number of imide groups is 1. The van der Waals surface area contributed by atoms with Gasteiger partial charge in [-0.1, -0.05) is 51.6 Å². The topological polar surface area (TPSA) is 84.9 Å². The van der Waals surface area contributed by atoms with Gasteiger partial charge < -0.3 is 14.6 Å². The van der Waals surface area contributed by atoms with E-state index in [2.05, 4.69) is 33.0 Å². The van der Waals surface area contributed by atoms with E-state index in [0.717, 1.165) is 89.6 Å². The van der Waals surface area contributed by atoms with E-state index in [4.69, 9.17) is 9.47 Å². The zero-order valence-corrected chi connectivity index (χ0v) is 21.8. The van der Waals surface area contributed by atoms with Crippen LogP contribution in [0.5, 0.6) is 17.2 Å². The van der Waals surface area contributed by atoms with Gasteiger partial charge in [0.25, 0.3) is 5.24 Å². The molecule has 2 aliphatic rings. The Kier molecular flexibility index (Phi) is 7.64. The molecule has 188 valence electrons. The number of thioether (sulfide) groups is 1. The van der Waals surface area contributed by atoms with Gasteiger partial charge in [-0.25, -0.2) is 0 Å². The van der Waals surface area contributed by atoms with Crippen LogP contribution in [0.1, 0.15) is 68.4 Å². The number of phenolic OH excluding ortho intramolecular Hbond substituents is 1. The highest BCUT2D eigenvalue weighted by atomic mass is 32.2. The molecule has 2 amide bonds. The van der Waals surface area contributed by atoms with E-state index in [1.165, 1.54) is 0 Å². The molecular weight excluding hydrogens is 462 g/mol. The minimum Gasteiger partial charge on any atom is -0.507 e. The van der Waals surface area contributed by atoms with Crippen LogP contribution in [-0.2, 0) is 36.9 Å². The second-order valence-corrected chi connectivity index (χ2v) is 10.5. The average Bonchev–Trinajstić information content (AvgIpc) is 3.19. The third kappa shape index (κ3) is 5.01. The molecule has 35 heavy (non-hydrogen) atoms. The van der Waals surface area contributed by atoms with Crippen molar-refractivity contribution < 1.29 is 24.2 Å². The minimum atomic E-state index is -0.429. The summed E-state index contributed by atoms with van der Waals surface area (Å²) in [6.45, 7) is 8.86. The van der Waals surface area contributed by atoms with Crippen LogP contribution in [0.2, 0.25) is 0 Å². The summed E-state index contributed by atoms with van der Waals surface area (Å²) in [6, 6.07) is 7.71. The smallest absolute Gasteiger partial charge is 0.286 e. The number of hydrogen-bond donors (Lipinski definition) is 2. The molecule has 2 unspecified atom stereocenters. The van der Waals surface area contributed by atoms with Gasteiger partial charge in [0, 0.05) is 22.3 Å². The lowest BCUT2D eigenvalue weighted by Crippen LogP contribution is -2.45. The monoisotopic (exact) mass is 497 g/mol. The van der Waals surface area contributed by atoms with Gasteiger partial charge in [-0.2, -0.15) is 0 Å². The summed E-state index contributed by atoms with van der Waals surface area (Å²) in [7, 11) is 0. The van der Waals surface area contributed by atoms with Gasteiger partial charge in [-0.15, -0.1) is 0 Å². The first-order valence-electron chi connectivity index (χ1n) is 12.6. The lowest BCUT2D eigenvalue weighted by atomic mass is 9.83. The molecule has 0 saturated carbocycles. The van der Waals surface area contributed by atoms with E-state index in [-0.39, 0.29) is 16.4 Å². The van der Waals surface area contributed by atoms with Crippen LogP contribution in [0.3, 0.4) is 0 Å². The highest BCUT2D eigenvalue weighted by molar-refractivity contribution is 8.15. The summed E-state index contributed by atoms with van der Waals surface area (Å²) < 4.78 is 13.0. The van der Waals surface area contributed by atoms with Crippen molar-refractivity contribution in [2.75, 3.05) is 6.61 Å². The first kappa shape index (κ1) is 25.4. The molecule has 1 saturated heterocycles. The van der Waals surface area contributed by atoms with Crippen LogP contribution in [0.15, 0.2) is 24.3 Å². The molecule has 2 atom stereocenters. The normalized spacial score (nSPS) is 21.4. The van der Waals surface area contributed by atoms with Crippen molar-refractivity contribution in [1.82, 2.24) is 5.32 Å². The fourth-order valence-corrected chi connectivity index (χ4v) is 6.06. The number of aromatic hydroxyl groups is 1. The number of carbonyl (C=O) groups excluding carboxylic acids is 2. The fraction of sp³-hybridized carbons (Fsp3) is 0.500. The Bertz CT molecular complexity index is 1090. The molecule has 0 spiro atoms. The van der Waals surface area contributed by atoms with E-state index in [9.17, 15) is 14.7 Å². The number of phenols is 1. The fourth-order valence-electron chi connectivity index (χ4n) is 5.20. The quantitative estimate of drug-likeness (QED) is 0.474. The number of carbonyl (C=O) groups is 2. The molecule has 6 nitrogen and oxygen atoms in total. The molecule has 0 radical (unpaired) electrons. The summed E-state index contributed by atoms with van der Waals surface area (Å²) in [6.07, 6.45) is 5.39. The van der Waals surface area contributed by atoms with E-state index in [1.54, 1.807) is 0 Å². The van der Waals surface area contributed by atoms with E-state index in [0.29, 0.717) is 18.8 Å². The Labute approximate surface area is 211 Å². The average molecular weight is 498 g/mol. The molecule has 2 heterocycles. The first-order valence-corrected chi connectivity index (χ1v) is 13.5. The Balaban J connectivity index is 1.49. The first-order chi connectivity index (χ1) is 16.8. The van der Waals surface area contributed by atoms with Crippen molar-refractivity contribution in [1.29, 1.82) is 0 Å². The second kappa shape index (κ2) is 10.5. The second-order valence-electron chi connectivity index (χ2n) is 9.31. The van der Waals surface area contributed by atoms with Crippen molar-refractivity contribution in [3.8, 4) is 17.2 Å². The molecule has 1 fully saturated rings. The maximum Gasteiger partial charge on any atom is 0.286 e. The Hall–Kier alpha value is -2.67. The number of amides is 2. The molecule has 2 aliphatic heterocycles. The minimum absolute atomic E-state index is 0.225. The van der Waals surface area contributed by atoms with Crippen LogP contribution in [0, 0.1) is 0 Å². The van der Waals surface area contributed by atoms with Crippen LogP contribution >= 0.6 is 11.8 Å². The van der Waals surface area contributed by atoms with Crippen molar-refractivity contribution in [3.63, 3.8) is 0 Å². The number of ether oxygens (including phenoxy) is 2. The van der Waals surface area contributed by atoms with Crippen molar-refractivity contribution in [2.24, 2.45) is 0 Å². The molecule has 0 aromatic heterocycles. The molecule has 2 aromatic rings. The van der Waals surface area contributed by atoms with E-state index >= 15 is 0 Å². The van der Waals surface area contributed by atoms with Gasteiger partial charge in [-0.3, -0.25) is 14.9 Å². The lowest BCUT2D eigenvalue weighted by molar-refractivity contribution is -0.118. The van der Waals surface area contributed by atoms with Gasteiger partial charge in [0.15, 0.2) is 0 Å². The number of benzene rings is 2. The largest absolute Gasteiger partial charge is 0.507 e. The number of hydrogen-bond acceptors (Lipinski definition) is 6. The van der Waals surface area contributed by atoms with Crippen LogP contribution in [0.4, 0.5) is 4.79 Å². The van der Waals surface area contributed by atoms with Crippen molar-refractivity contribution >= 4 is 22.9 Å². The van der Waals surface area contributed by atoms with Crippen molar-refractivity contribution in [2.45, 2.75) is 83.5 Å². The zero-order chi connectivity index (χ0) is 25.2. The third-order valence-electron chi connectivity index (χ3n) is 7.32. The highest BCUT2D eigenvalue weighted by Crippen LogP contribution is 2.46. The van der Waals surface area contributed by atoms with Gasteiger partial charge in [-0.05, 0) is 62.6 Å². The van der Waals surface area contributed by atoms with Crippen LogP contribution in [0.25, 0.3) is 0 Å². The molecule has 4 rings (SSSR count). The molecule has 0 bridgehead atoms. The number of fused-ring (bicyclic) bond motifs is 1. The van der Waals surface area contributed by atoms with Gasteiger partial charge in [0.05, 0.1) is 5.25 Å². The summed E-state index contributed by atoms with van der Waals surface area (Å²) in [4.78, 5) is 23.2. The third-order valence-corrected chi connectivity index (χ3v) is 8.30. The Morgan fingerprint density at radius 2 is 1.74 bits per heavy atom. The summed E-state index contributed by atoms with van der Waals surface area (Å²) >= 11 is 1.04. The molecule has 0 aliphatic carbocycles. The molecule has 2 aromatic carbocycles. The molecule has 7 heteroatoms. The van der Waals surface area contributed by atoms with Gasteiger partial charge >= 0.3 is 0 Å². The van der Waals surface area contributed by atoms with Crippen LogP contribution < -0.4 is 14.8 Å². The number of rotatable bonds is 9.